The second-order valence-electron chi connectivity index (χ2n) is 16.9. The van der Waals surface area contributed by atoms with Gasteiger partial charge < -0.3 is 44.3 Å². The maximum atomic E-state index is 15.0. The smallest absolute Gasteiger partial charge is 0.408 e. The summed E-state index contributed by atoms with van der Waals surface area (Å²) in [5.41, 5.74) is 3.16. The predicted molar refractivity (Wildman–Crippen MR) is 251 cm³/mol. The van der Waals surface area contributed by atoms with Gasteiger partial charge in [-0.1, -0.05) is 117 Å². The van der Waals surface area contributed by atoms with Gasteiger partial charge in [0.25, 0.3) is 12.2 Å². The number of carbonyl (C=O) groups is 4. The van der Waals surface area contributed by atoms with Crippen molar-refractivity contribution >= 4 is 50.7 Å². The van der Waals surface area contributed by atoms with Crippen molar-refractivity contribution in [1.82, 2.24) is 25.9 Å². The highest BCUT2D eigenvalue weighted by Gasteiger charge is 2.60. The molecule has 14 nitrogen and oxygen atoms in total. The van der Waals surface area contributed by atoms with Gasteiger partial charge in [-0.3, -0.25) is 14.4 Å². The number of ether oxygens (including phenoxy) is 4. The van der Waals surface area contributed by atoms with Gasteiger partial charge in [-0.2, -0.15) is 0 Å². The van der Waals surface area contributed by atoms with Crippen LogP contribution in [0.1, 0.15) is 82.3 Å². The number of nitrogens with zero attached hydrogens (tertiary/aromatic N) is 1. The van der Waals surface area contributed by atoms with Crippen LogP contribution >= 0.6 is 15.9 Å². The number of oxazole rings is 1. The van der Waals surface area contributed by atoms with Gasteiger partial charge in [-0.05, 0) is 68.7 Å². The van der Waals surface area contributed by atoms with Gasteiger partial charge in [-0.25, -0.2) is 9.78 Å². The summed E-state index contributed by atoms with van der Waals surface area (Å²) in [4.78, 5) is 64.5. The fourth-order valence-electron chi connectivity index (χ4n) is 8.77. The minimum absolute atomic E-state index is 0.00147. The number of hydrogen-bond donors (Lipinski definition) is 4. The van der Waals surface area contributed by atoms with E-state index >= 15 is 0 Å². The first-order chi connectivity index (χ1) is 32.5. The molecule has 0 saturated carbocycles. The van der Waals surface area contributed by atoms with E-state index in [0.717, 1.165) is 27.6 Å². The minimum atomic E-state index is -1.77. The molecule has 4 heterocycles. The van der Waals surface area contributed by atoms with Crippen LogP contribution in [0.15, 0.2) is 136 Å². The third kappa shape index (κ3) is 9.11. The molecule has 0 fully saturated rings. The molecule has 9 rings (SSSR count). The summed E-state index contributed by atoms with van der Waals surface area (Å²) in [5.74, 6) is -1.49. The summed E-state index contributed by atoms with van der Waals surface area (Å²) in [5, 5.41) is 9.97. The highest BCUT2D eigenvalue weighted by atomic mass is 79.9. The Morgan fingerprint density at radius 3 is 2.37 bits per heavy atom. The molecular weight excluding hydrogens is 919 g/mol. The quantitative estimate of drug-likeness (QED) is 0.0864. The van der Waals surface area contributed by atoms with E-state index in [2.05, 4.69) is 36.9 Å². The Hall–Kier alpha value is -7.39. The Morgan fingerprint density at radius 2 is 1.63 bits per heavy atom. The largest absolute Gasteiger partial charge is 0.489 e. The van der Waals surface area contributed by atoms with Crippen molar-refractivity contribution in [2.75, 3.05) is 6.54 Å². The van der Waals surface area contributed by atoms with Gasteiger partial charge in [0.2, 0.25) is 11.8 Å². The second kappa shape index (κ2) is 19.2. The maximum absolute atomic E-state index is 15.0. The van der Waals surface area contributed by atoms with E-state index in [9.17, 15) is 19.2 Å². The molecule has 2 aromatic heterocycles. The van der Waals surface area contributed by atoms with Crippen molar-refractivity contribution in [1.29, 1.82) is 0 Å². The second-order valence-corrected chi connectivity index (χ2v) is 17.7. The zero-order valence-corrected chi connectivity index (χ0v) is 38.6. The number of rotatable bonds is 12. The lowest BCUT2D eigenvalue weighted by Crippen LogP contribution is -2.50. The van der Waals surface area contributed by atoms with E-state index in [1.165, 1.54) is 6.92 Å². The van der Waals surface area contributed by atoms with Crippen molar-refractivity contribution < 1.29 is 42.5 Å². The molecule has 15 heteroatoms. The molecular formula is C52H48BrN5O9. The van der Waals surface area contributed by atoms with Crippen LogP contribution in [0.2, 0.25) is 0 Å². The first-order valence-corrected chi connectivity index (χ1v) is 22.8. The van der Waals surface area contributed by atoms with Crippen LogP contribution in [0.4, 0.5) is 4.79 Å². The van der Waals surface area contributed by atoms with Crippen molar-refractivity contribution in [2.24, 2.45) is 5.92 Å². The lowest BCUT2D eigenvalue weighted by atomic mass is 9.71. The number of H-pyrrole nitrogens is 1. The van der Waals surface area contributed by atoms with Gasteiger partial charge in [0.15, 0.2) is 16.9 Å². The number of carbonyl (C=O) groups excluding carboxylic acids is 4. The topological polar surface area (TPSA) is 183 Å². The molecule has 2 aliphatic rings. The molecule has 0 radical (unpaired) electrons. The molecule has 342 valence electrons. The summed E-state index contributed by atoms with van der Waals surface area (Å²) >= 11 is 3.67. The van der Waals surface area contributed by atoms with Crippen molar-refractivity contribution in [2.45, 2.75) is 70.6 Å². The average molecular weight is 967 g/mol. The fourth-order valence-corrected chi connectivity index (χ4v) is 9.22. The number of alkyl carbamates (subject to hydrolysis) is 1. The monoisotopic (exact) mass is 965 g/mol. The van der Waals surface area contributed by atoms with Crippen LogP contribution in [0.25, 0.3) is 10.9 Å². The third-order valence-electron chi connectivity index (χ3n) is 12.0. The zero-order chi connectivity index (χ0) is 46.7. The number of fused-ring (bicyclic) bond motifs is 9. The fraction of sp³-hybridized carbons (Fsp3) is 0.250. The molecule has 5 aromatic carbocycles. The van der Waals surface area contributed by atoms with Crippen LogP contribution in [-0.4, -0.2) is 52.7 Å². The molecule has 67 heavy (non-hydrogen) atoms. The summed E-state index contributed by atoms with van der Waals surface area (Å²) < 4.78 is 32.7. The highest BCUT2D eigenvalue weighted by Crippen LogP contribution is 2.57. The van der Waals surface area contributed by atoms with Crippen molar-refractivity contribution in [3.05, 3.63) is 183 Å². The number of hydrogen-bond acceptors (Lipinski definition) is 10. The lowest BCUT2D eigenvalue weighted by molar-refractivity contribution is -0.164. The molecule has 2 aliphatic heterocycles. The molecule has 0 aliphatic carbocycles. The Morgan fingerprint density at radius 1 is 0.896 bits per heavy atom. The Labute approximate surface area is 394 Å². The van der Waals surface area contributed by atoms with E-state index in [1.807, 2.05) is 117 Å². The number of benzene rings is 5. The predicted octanol–water partition coefficient (Wildman–Crippen LogP) is 8.75. The van der Waals surface area contributed by atoms with E-state index < -0.39 is 47.7 Å². The molecule has 0 unspecified atom stereocenters. The molecule has 4 N–H and O–H groups in total. The Balaban J connectivity index is 1.22. The van der Waals surface area contributed by atoms with E-state index in [1.54, 1.807) is 24.3 Å². The molecule has 4 atom stereocenters. The van der Waals surface area contributed by atoms with Gasteiger partial charge in [0.05, 0.1) is 4.47 Å². The average Bonchev–Trinajstić information content (AvgIpc) is 4.04. The first-order valence-electron chi connectivity index (χ1n) is 22.0. The molecule has 1 spiro atoms. The SMILES string of the molecule is CC(=O)O[C@@H]1Oc2c(Br)cccc2[C@@]12c1cc(ccc1OCc1ccccc1)C[C@H](NC(=O)OCc1ccccc1)C(=O)N[C@@H](C(C)C)c1nc(C(=O)NCCc3c[nH]c4ccccc34)c2o1. The van der Waals surface area contributed by atoms with Gasteiger partial charge >= 0.3 is 12.1 Å². The molecule has 7 aromatic rings. The first kappa shape index (κ1) is 44.8. The van der Waals surface area contributed by atoms with Gasteiger partial charge in [0, 0.05) is 48.1 Å². The van der Waals surface area contributed by atoms with Crippen LogP contribution in [0.5, 0.6) is 11.5 Å². The van der Waals surface area contributed by atoms with Crippen molar-refractivity contribution in [3.8, 4) is 11.5 Å². The van der Waals surface area contributed by atoms with Crippen LogP contribution in [0.3, 0.4) is 0 Å². The van der Waals surface area contributed by atoms with E-state index in [4.69, 9.17) is 28.3 Å². The number of aromatic amines is 1. The number of esters is 1. The Kier molecular flexibility index (Phi) is 12.8. The molecule has 3 amide bonds. The zero-order valence-electron chi connectivity index (χ0n) is 37.0. The lowest BCUT2D eigenvalue weighted by Gasteiger charge is -2.34. The standard InChI is InChI=1S/C52H48BrN5O9/c1-30(2)43-49-58-44(48(61)54-24-23-35-27-55-40-20-11-10-17-36(35)40)46(67-49)52(37-18-12-19-39(53)45(37)66-50(52)65-31(3)59)38-25-34(21-22-42(38)63-28-32-13-6-4-7-14-32)26-41(47(60)57-43)56-51(62)64-29-33-15-8-5-9-16-33/h4-22,25,27,30,41,43,50,55H,23-24,26,28-29H2,1-3H3,(H,54,61)(H,56,62)(H,57,60)/t41-,43-,50+,52-/m0/s1. The number of aromatic nitrogens is 2. The third-order valence-corrected chi connectivity index (χ3v) is 12.6. The maximum Gasteiger partial charge on any atom is 0.408 e. The summed E-state index contributed by atoms with van der Waals surface area (Å²) in [6, 6.07) is 35.4. The molecule has 4 bridgehead atoms. The van der Waals surface area contributed by atoms with Gasteiger partial charge in [-0.15, -0.1) is 0 Å². The summed E-state index contributed by atoms with van der Waals surface area (Å²) in [7, 11) is 0. The Bertz CT molecular complexity index is 2950. The van der Waals surface area contributed by atoms with E-state index in [0.29, 0.717) is 39.1 Å². The summed E-state index contributed by atoms with van der Waals surface area (Å²) in [6.07, 6.45) is 0.106. The van der Waals surface area contributed by atoms with Crippen LogP contribution in [-0.2, 0) is 50.5 Å². The highest BCUT2D eigenvalue weighted by molar-refractivity contribution is 9.10. The van der Waals surface area contributed by atoms with E-state index in [-0.39, 0.29) is 49.4 Å². The normalized spacial score (nSPS) is 18.5. The minimum Gasteiger partial charge on any atom is -0.489 e. The van der Waals surface area contributed by atoms with Crippen LogP contribution in [0, 0.1) is 5.92 Å². The molecule has 0 saturated heterocycles. The van der Waals surface area contributed by atoms with Gasteiger partial charge in [0.1, 0.15) is 36.8 Å². The number of amides is 3. The number of nitrogens with one attached hydrogen (secondary N) is 4. The number of halogens is 1. The van der Waals surface area contributed by atoms with Crippen LogP contribution < -0.4 is 25.4 Å². The summed E-state index contributed by atoms with van der Waals surface area (Å²) in [6.45, 7) is 5.35. The number of para-hydroxylation sites is 2. The van der Waals surface area contributed by atoms with Crippen molar-refractivity contribution in [3.63, 3.8) is 0 Å².